The molecule has 6 nitrogen and oxygen atoms in total. The van der Waals surface area contributed by atoms with Gasteiger partial charge in [-0.2, -0.15) is 0 Å². The maximum absolute atomic E-state index is 12.8. The van der Waals surface area contributed by atoms with Crippen LogP contribution in [-0.2, 0) is 9.53 Å². The summed E-state index contributed by atoms with van der Waals surface area (Å²) in [6, 6.07) is 4.21. The fourth-order valence-corrected chi connectivity index (χ4v) is 3.26. The predicted octanol–water partition coefficient (Wildman–Crippen LogP) is 2.48. The lowest BCUT2D eigenvalue weighted by Crippen LogP contribution is -2.44. The van der Waals surface area contributed by atoms with E-state index in [0.717, 1.165) is 12.0 Å². The van der Waals surface area contributed by atoms with Gasteiger partial charge in [-0.15, -0.1) is 0 Å². The molecule has 3 amide bonds. The first-order valence-electron chi connectivity index (χ1n) is 7.55. The summed E-state index contributed by atoms with van der Waals surface area (Å²) in [5.41, 5.74) is 1.90. The lowest BCUT2D eigenvalue weighted by Gasteiger charge is -2.25. The predicted molar refractivity (Wildman–Crippen MR) is 91.0 cm³/mol. The molecule has 0 saturated heterocycles. The largest absolute Gasteiger partial charge is 0.385 e. The lowest BCUT2D eigenvalue weighted by molar-refractivity contribution is -0.125. The molecule has 2 aliphatic rings. The van der Waals surface area contributed by atoms with Crippen molar-refractivity contribution < 1.29 is 14.3 Å². The molecule has 0 aromatic heterocycles. The average Bonchev–Trinajstić information content (AvgIpc) is 2.85. The van der Waals surface area contributed by atoms with Crippen molar-refractivity contribution in [2.45, 2.75) is 12.5 Å². The van der Waals surface area contributed by atoms with Crippen LogP contribution in [0.1, 0.15) is 18.0 Å². The smallest absolute Gasteiger partial charge is 0.319 e. The van der Waals surface area contributed by atoms with Gasteiger partial charge in [0.1, 0.15) is 0 Å². The van der Waals surface area contributed by atoms with Crippen molar-refractivity contribution in [3.8, 4) is 0 Å². The molecular weight excluding hydrogens is 353 g/mol. The third kappa shape index (κ3) is 3.22. The molecule has 1 aromatic rings. The van der Waals surface area contributed by atoms with Crippen molar-refractivity contribution in [1.29, 1.82) is 0 Å². The zero-order valence-corrected chi connectivity index (χ0v) is 14.6. The third-order valence-corrected chi connectivity index (χ3v) is 4.81. The highest BCUT2D eigenvalue weighted by atomic mass is 35.5. The molecule has 0 spiro atoms. The number of urea groups is 1. The Morgan fingerprint density at radius 1 is 1.29 bits per heavy atom. The summed E-state index contributed by atoms with van der Waals surface area (Å²) < 4.78 is 5.03. The van der Waals surface area contributed by atoms with Crippen LogP contribution in [0, 0.1) is 0 Å². The van der Waals surface area contributed by atoms with E-state index in [-0.39, 0.29) is 11.9 Å². The van der Waals surface area contributed by atoms with Crippen LogP contribution in [0.15, 0.2) is 29.5 Å². The number of halogens is 2. The quantitative estimate of drug-likeness (QED) is 0.783. The SMILES string of the molecule is COCCCN1CC2=C(C1=O)C(c1ccc(Cl)c(Cl)c1)NC(=O)N2. The minimum Gasteiger partial charge on any atom is -0.385 e. The highest BCUT2D eigenvalue weighted by molar-refractivity contribution is 6.42. The molecule has 128 valence electrons. The Morgan fingerprint density at radius 3 is 2.79 bits per heavy atom. The summed E-state index contributed by atoms with van der Waals surface area (Å²) in [7, 11) is 1.62. The molecule has 0 fully saturated rings. The van der Waals surface area contributed by atoms with E-state index in [4.69, 9.17) is 27.9 Å². The van der Waals surface area contributed by atoms with Crippen molar-refractivity contribution in [3.05, 3.63) is 45.1 Å². The van der Waals surface area contributed by atoms with Gasteiger partial charge in [0.15, 0.2) is 0 Å². The number of methoxy groups -OCH3 is 1. The molecular formula is C16H17Cl2N3O3. The topological polar surface area (TPSA) is 70.7 Å². The molecule has 1 aromatic carbocycles. The molecule has 8 heteroatoms. The number of rotatable bonds is 5. The summed E-state index contributed by atoms with van der Waals surface area (Å²) in [5, 5.41) is 6.32. The molecule has 0 aliphatic carbocycles. The van der Waals surface area contributed by atoms with E-state index in [9.17, 15) is 9.59 Å². The van der Waals surface area contributed by atoms with Gasteiger partial charge in [0.05, 0.1) is 33.9 Å². The highest BCUT2D eigenvalue weighted by Gasteiger charge is 2.40. The third-order valence-electron chi connectivity index (χ3n) is 4.07. The fourth-order valence-electron chi connectivity index (χ4n) is 2.95. The van der Waals surface area contributed by atoms with Crippen molar-refractivity contribution in [1.82, 2.24) is 15.5 Å². The van der Waals surface area contributed by atoms with Crippen LogP contribution >= 0.6 is 23.2 Å². The van der Waals surface area contributed by atoms with Crippen molar-refractivity contribution in [3.63, 3.8) is 0 Å². The van der Waals surface area contributed by atoms with Crippen LogP contribution in [0.25, 0.3) is 0 Å². The van der Waals surface area contributed by atoms with Crippen molar-refractivity contribution >= 4 is 35.1 Å². The number of carbonyl (C=O) groups excluding carboxylic acids is 2. The van der Waals surface area contributed by atoms with Gasteiger partial charge in [-0.3, -0.25) is 4.79 Å². The van der Waals surface area contributed by atoms with Crippen molar-refractivity contribution in [2.75, 3.05) is 26.8 Å². The Balaban J connectivity index is 1.87. The molecule has 2 aliphatic heterocycles. The standard InChI is InChI=1S/C16H17Cl2N3O3/c1-24-6-2-5-21-8-12-13(15(21)22)14(20-16(23)19-12)9-3-4-10(17)11(18)7-9/h3-4,7,14H,2,5-6,8H2,1H3,(H2,19,20,23). The number of amides is 3. The number of nitrogens with zero attached hydrogens (tertiary/aromatic N) is 1. The molecule has 0 radical (unpaired) electrons. The lowest BCUT2D eigenvalue weighted by atomic mass is 9.96. The molecule has 0 bridgehead atoms. The van der Waals surface area contributed by atoms with E-state index in [1.54, 1.807) is 30.2 Å². The van der Waals surface area contributed by atoms with Gasteiger partial charge in [0, 0.05) is 20.3 Å². The van der Waals surface area contributed by atoms with Crippen LogP contribution in [0.3, 0.4) is 0 Å². The van der Waals surface area contributed by atoms with E-state index in [2.05, 4.69) is 10.6 Å². The average molecular weight is 370 g/mol. The van der Waals surface area contributed by atoms with Crippen LogP contribution in [0.2, 0.25) is 10.0 Å². The second-order valence-corrected chi connectivity index (χ2v) is 6.48. The van der Waals surface area contributed by atoms with E-state index in [1.807, 2.05) is 0 Å². The summed E-state index contributed by atoms with van der Waals surface area (Å²) in [6.07, 6.45) is 0.738. The molecule has 1 unspecified atom stereocenters. The second-order valence-electron chi connectivity index (χ2n) is 5.67. The van der Waals surface area contributed by atoms with Crippen LogP contribution in [-0.4, -0.2) is 43.6 Å². The fraction of sp³-hybridized carbons (Fsp3) is 0.375. The first kappa shape index (κ1) is 17.1. The minimum absolute atomic E-state index is 0.0929. The number of benzene rings is 1. The van der Waals surface area contributed by atoms with Gasteiger partial charge in [0.25, 0.3) is 5.91 Å². The van der Waals surface area contributed by atoms with Crippen LogP contribution in [0.4, 0.5) is 4.79 Å². The molecule has 1 atom stereocenters. The minimum atomic E-state index is -0.538. The maximum atomic E-state index is 12.8. The number of hydrogen-bond acceptors (Lipinski definition) is 3. The first-order valence-corrected chi connectivity index (χ1v) is 8.30. The highest BCUT2D eigenvalue weighted by Crippen LogP contribution is 2.34. The number of ether oxygens (including phenoxy) is 1. The number of carbonyl (C=O) groups is 2. The van der Waals surface area contributed by atoms with E-state index >= 15 is 0 Å². The molecule has 24 heavy (non-hydrogen) atoms. The first-order chi connectivity index (χ1) is 11.5. The second kappa shape index (κ2) is 7.01. The van der Waals surface area contributed by atoms with Gasteiger partial charge in [-0.05, 0) is 24.1 Å². The Bertz CT molecular complexity index is 721. The monoisotopic (exact) mass is 369 g/mol. The Morgan fingerprint density at radius 2 is 2.08 bits per heavy atom. The Hall–Kier alpha value is -1.76. The summed E-state index contributed by atoms with van der Waals surface area (Å²) in [5.74, 6) is -0.0929. The molecule has 0 saturated carbocycles. The van der Waals surface area contributed by atoms with E-state index < -0.39 is 6.04 Å². The Labute approximate surface area is 149 Å². The van der Waals surface area contributed by atoms with Gasteiger partial charge in [-0.25, -0.2) is 4.79 Å². The van der Waals surface area contributed by atoms with Gasteiger partial charge in [0.2, 0.25) is 0 Å². The van der Waals surface area contributed by atoms with E-state index in [1.165, 1.54) is 0 Å². The van der Waals surface area contributed by atoms with Crippen LogP contribution < -0.4 is 10.6 Å². The number of nitrogens with one attached hydrogen (secondary N) is 2. The van der Waals surface area contributed by atoms with Gasteiger partial charge >= 0.3 is 6.03 Å². The number of hydrogen-bond donors (Lipinski definition) is 2. The van der Waals surface area contributed by atoms with Gasteiger partial charge in [-0.1, -0.05) is 29.3 Å². The van der Waals surface area contributed by atoms with E-state index in [0.29, 0.717) is 41.0 Å². The zero-order chi connectivity index (χ0) is 17.3. The zero-order valence-electron chi connectivity index (χ0n) is 13.1. The van der Waals surface area contributed by atoms with Crippen molar-refractivity contribution in [2.24, 2.45) is 0 Å². The maximum Gasteiger partial charge on any atom is 0.319 e. The normalized spacial score (nSPS) is 20.1. The summed E-state index contributed by atoms with van der Waals surface area (Å²) in [4.78, 5) is 26.4. The summed E-state index contributed by atoms with van der Waals surface area (Å²) in [6.45, 7) is 1.54. The summed E-state index contributed by atoms with van der Waals surface area (Å²) >= 11 is 12.0. The molecule has 2 N–H and O–H groups in total. The Kier molecular flexibility index (Phi) is 4.99. The van der Waals surface area contributed by atoms with Crippen LogP contribution in [0.5, 0.6) is 0 Å². The van der Waals surface area contributed by atoms with Gasteiger partial charge < -0.3 is 20.3 Å². The molecule has 2 heterocycles. The molecule has 3 rings (SSSR count).